The molecule has 0 fully saturated rings. The number of anilines is 1. The molecule has 0 aliphatic carbocycles. The normalized spacial score (nSPS) is 12.3. The van der Waals surface area contributed by atoms with Crippen LogP contribution in [0, 0.1) is 0 Å². The molecule has 12 heteroatoms. The summed E-state index contributed by atoms with van der Waals surface area (Å²) < 4.78 is 29.1. The number of rotatable bonds is 11. The van der Waals surface area contributed by atoms with E-state index >= 15 is 0 Å². The molecule has 0 aliphatic heterocycles. The van der Waals surface area contributed by atoms with Gasteiger partial charge in [0, 0.05) is 23.5 Å². The number of hydrogen-bond acceptors (Lipinski definition) is 4. The highest BCUT2D eigenvalue weighted by Crippen LogP contribution is 2.33. The maximum absolute atomic E-state index is 14.6. The van der Waals surface area contributed by atoms with Crippen molar-refractivity contribution >= 4 is 73.9 Å². The Morgan fingerprint density at radius 2 is 1.39 bits per heavy atom. The summed E-state index contributed by atoms with van der Waals surface area (Å²) in [5, 5.41) is 3.91. The predicted molar refractivity (Wildman–Crippen MR) is 186 cm³/mol. The molecular formula is C34H33Cl4N3O4S. The Bertz CT molecular complexity index is 1800. The highest BCUT2D eigenvalue weighted by Gasteiger charge is 2.36. The van der Waals surface area contributed by atoms with E-state index in [1.54, 1.807) is 36.4 Å². The Morgan fingerprint density at radius 1 is 0.761 bits per heavy atom. The molecule has 0 radical (unpaired) electrons. The van der Waals surface area contributed by atoms with Gasteiger partial charge in [-0.05, 0) is 74.4 Å². The highest BCUT2D eigenvalue weighted by molar-refractivity contribution is 7.92. The fourth-order valence-electron chi connectivity index (χ4n) is 4.76. The van der Waals surface area contributed by atoms with Crippen molar-refractivity contribution in [3.05, 3.63) is 128 Å². The van der Waals surface area contributed by atoms with Crippen molar-refractivity contribution in [1.29, 1.82) is 0 Å². The van der Waals surface area contributed by atoms with E-state index < -0.39 is 40.0 Å². The zero-order valence-corrected chi connectivity index (χ0v) is 29.2. The topological polar surface area (TPSA) is 86.8 Å². The molecule has 4 aromatic carbocycles. The molecule has 7 nitrogen and oxygen atoms in total. The van der Waals surface area contributed by atoms with Crippen LogP contribution < -0.4 is 9.62 Å². The van der Waals surface area contributed by atoms with Gasteiger partial charge in [0.15, 0.2) is 0 Å². The van der Waals surface area contributed by atoms with Gasteiger partial charge in [0.25, 0.3) is 10.0 Å². The molecule has 0 spiro atoms. The van der Waals surface area contributed by atoms with Crippen LogP contribution in [0.25, 0.3) is 0 Å². The van der Waals surface area contributed by atoms with E-state index in [1.165, 1.54) is 35.2 Å². The maximum Gasteiger partial charge on any atom is 0.264 e. The Morgan fingerprint density at radius 3 is 1.98 bits per heavy atom. The second kappa shape index (κ2) is 15.1. The Kier molecular flexibility index (Phi) is 11.7. The van der Waals surface area contributed by atoms with Crippen molar-refractivity contribution < 1.29 is 18.0 Å². The van der Waals surface area contributed by atoms with Crippen molar-refractivity contribution in [3.8, 4) is 0 Å². The summed E-state index contributed by atoms with van der Waals surface area (Å²) in [6.07, 6.45) is 0.156. The number of carbonyl (C=O) groups is 2. The smallest absolute Gasteiger partial charge is 0.264 e. The van der Waals surface area contributed by atoms with Crippen LogP contribution in [0.3, 0.4) is 0 Å². The van der Waals surface area contributed by atoms with E-state index in [-0.39, 0.29) is 33.6 Å². The third-order valence-corrected chi connectivity index (χ3v) is 9.95. The SMILES string of the molecule is CC(C)(C)NC(=O)[C@H](Cc1ccccc1)N(Cc1ccc(Cl)c(Cl)c1)C(=O)CN(c1ccc(Cl)cc1Cl)S(=O)(=O)c1ccccc1. The van der Waals surface area contributed by atoms with Crippen molar-refractivity contribution in [2.45, 2.75) is 50.2 Å². The van der Waals surface area contributed by atoms with E-state index in [2.05, 4.69) is 5.32 Å². The van der Waals surface area contributed by atoms with Crippen LogP contribution in [0.1, 0.15) is 31.9 Å². The minimum atomic E-state index is -4.32. The fraction of sp³-hybridized carbons (Fsp3) is 0.235. The first-order chi connectivity index (χ1) is 21.7. The second-order valence-electron chi connectivity index (χ2n) is 11.6. The van der Waals surface area contributed by atoms with Crippen LogP contribution in [0.15, 0.2) is 102 Å². The molecule has 0 aromatic heterocycles. The van der Waals surface area contributed by atoms with Crippen LogP contribution in [0.4, 0.5) is 5.69 Å². The van der Waals surface area contributed by atoms with Crippen LogP contribution in [-0.2, 0) is 32.6 Å². The van der Waals surface area contributed by atoms with E-state index in [0.29, 0.717) is 15.6 Å². The first-order valence-electron chi connectivity index (χ1n) is 14.3. The Balaban J connectivity index is 1.85. The molecule has 4 aromatic rings. The third kappa shape index (κ3) is 9.17. The molecule has 242 valence electrons. The van der Waals surface area contributed by atoms with E-state index in [9.17, 15) is 18.0 Å². The van der Waals surface area contributed by atoms with Gasteiger partial charge in [-0.1, -0.05) is 101 Å². The number of hydrogen-bond donors (Lipinski definition) is 1. The van der Waals surface area contributed by atoms with Gasteiger partial charge in [0.2, 0.25) is 11.8 Å². The summed E-state index contributed by atoms with van der Waals surface area (Å²) >= 11 is 25.2. The van der Waals surface area contributed by atoms with E-state index in [1.807, 2.05) is 51.1 Å². The average Bonchev–Trinajstić information content (AvgIpc) is 2.99. The molecule has 4 rings (SSSR count). The van der Waals surface area contributed by atoms with Crippen LogP contribution in [-0.4, -0.2) is 43.3 Å². The summed E-state index contributed by atoms with van der Waals surface area (Å²) in [7, 11) is -4.32. The van der Waals surface area contributed by atoms with Gasteiger partial charge in [-0.3, -0.25) is 13.9 Å². The molecule has 0 aliphatic rings. The molecule has 1 atom stereocenters. The Labute approximate surface area is 290 Å². The standard InChI is InChI=1S/C34H33Cl4N3O4S/c1-34(2,3)39-33(43)31(19-23-10-6-4-7-11-23)40(21-24-14-16-27(36)28(37)18-24)32(42)22-41(30-17-15-25(35)20-29(30)38)46(44,45)26-12-8-5-9-13-26/h4-18,20,31H,19,21-22H2,1-3H3,(H,39,43)/t31-/m0/s1. The van der Waals surface area contributed by atoms with Gasteiger partial charge < -0.3 is 10.2 Å². The number of sulfonamides is 1. The zero-order valence-electron chi connectivity index (χ0n) is 25.4. The third-order valence-electron chi connectivity index (χ3n) is 6.89. The first-order valence-corrected chi connectivity index (χ1v) is 17.2. The minimum absolute atomic E-state index is 0.0298. The lowest BCUT2D eigenvalue weighted by molar-refractivity contribution is -0.140. The van der Waals surface area contributed by atoms with Gasteiger partial charge in [-0.2, -0.15) is 0 Å². The molecule has 0 saturated heterocycles. The fourth-order valence-corrected chi connectivity index (χ4v) is 7.09. The summed E-state index contributed by atoms with van der Waals surface area (Å²) in [6, 6.07) is 25.2. The zero-order chi connectivity index (χ0) is 33.6. The quantitative estimate of drug-likeness (QED) is 0.170. The largest absolute Gasteiger partial charge is 0.350 e. The highest BCUT2D eigenvalue weighted by atomic mass is 35.5. The summed E-state index contributed by atoms with van der Waals surface area (Å²) in [6.45, 7) is 4.78. The molecule has 0 heterocycles. The van der Waals surface area contributed by atoms with Crippen molar-refractivity contribution in [2.24, 2.45) is 0 Å². The summed E-state index contributed by atoms with van der Waals surface area (Å²) in [4.78, 5) is 29.8. The summed E-state index contributed by atoms with van der Waals surface area (Å²) in [5.74, 6) is -1.06. The van der Waals surface area contributed by atoms with Gasteiger partial charge in [-0.15, -0.1) is 0 Å². The molecule has 1 N–H and O–H groups in total. The lowest BCUT2D eigenvalue weighted by atomic mass is 10.0. The maximum atomic E-state index is 14.6. The average molecular weight is 722 g/mol. The van der Waals surface area contributed by atoms with Crippen molar-refractivity contribution in [3.63, 3.8) is 0 Å². The predicted octanol–water partition coefficient (Wildman–Crippen LogP) is 8.05. The van der Waals surface area contributed by atoms with Crippen molar-refractivity contribution in [2.75, 3.05) is 10.8 Å². The number of amides is 2. The molecule has 0 bridgehead atoms. The number of nitrogens with one attached hydrogen (secondary N) is 1. The first kappa shape index (κ1) is 35.6. The van der Waals surface area contributed by atoms with Crippen LogP contribution in [0.5, 0.6) is 0 Å². The molecule has 0 saturated carbocycles. The molecule has 46 heavy (non-hydrogen) atoms. The van der Waals surface area contributed by atoms with Gasteiger partial charge in [0.1, 0.15) is 12.6 Å². The lowest BCUT2D eigenvalue weighted by Crippen LogP contribution is -2.56. The number of halogens is 4. The van der Waals surface area contributed by atoms with Gasteiger partial charge in [-0.25, -0.2) is 8.42 Å². The second-order valence-corrected chi connectivity index (χ2v) is 15.2. The van der Waals surface area contributed by atoms with Crippen LogP contribution >= 0.6 is 46.4 Å². The lowest BCUT2D eigenvalue weighted by Gasteiger charge is -2.35. The van der Waals surface area contributed by atoms with E-state index in [4.69, 9.17) is 46.4 Å². The monoisotopic (exact) mass is 719 g/mol. The molecule has 0 unspecified atom stereocenters. The number of carbonyl (C=O) groups excluding carboxylic acids is 2. The minimum Gasteiger partial charge on any atom is -0.350 e. The Hall–Kier alpha value is -3.27. The molecular weight excluding hydrogens is 688 g/mol. The number of benzene rings is 4. The summed E-state index contributed by atoms with van der Waals surface area (Å²) in [5.41, 5.74) is 0.824. The van der Waals surface area contributed by atoms with E-state index in [0.717, 1.165) is 9.87 Å². The van der Waals surface area contributed by atoms with Gasteiger partial charge >= 0.3 is 0 Å². The van der Waals surface area contributed by atoms with Crippen LogP contribution in [0.2, 0.25) is 20.1 Å². The van der Waals surface area contributed by atoms with Crippen molar-refractivity contribution in [1.82, 2.24) is 10.2 Å². The van der Waals surface area contributed by atoms with Gasteiger partial charge in [0.05, 0.1) is 25.7 Å². The number of nitrogens with zero attached hydrogens (tertiary/aromatic N) is 2. The molecule has 2 amide bonds.